The molecule has 0 saturated carbocycles. The van der Waals surface area contributed by atoms with Gasteiger partial charge in [0.05, 0.1) is 18.0 Å². The number of hydrogen-bond donors (Lipinski definition) is 1. The van der Waals surface area contributed by atoms with E-state index in [0.29, 0.717) is 0 Å². The smallest absolute Gasteiger partial charge is 0.354 e. The summed E-state index contributed by atoms with van der Waals surface area (Å²) in [6.45, 7) is 4.66. The first kappa shape index (κ1) is 22.0. The number of nitrogens with zero attached hydrogens (tertiary/aromatic N) is 4. The lowest BCUT2D eigenvalue weighted by molar-refractivity contribution is -0.135. The van der Waals surface area contributed by atoms with Gasteiger partial charge in [-0.2, -0.15) is 5.10 Å². The third kappa shape index (κ3) is 5.31. The van der Waals surface area contributed by atoms with E-state index in [-0.39, 0.29) is 30.7 Å². The van der Waals surface area contributed by atoms with E-state index < -0.39 is 12.0 Å². The molecule has 1 unspecified atom stereocenters. The number of anilines is 1. The van der Waals surface area contributed by atoms with Gasteiger partial charge in [-0.15, -0.1) is 0 Å². The van der Waals surface area contributed by atoms with E-state index in [9.17, 15) is 9.59 Å². The highest BCUT2D eigenvalue weighted by Crippen LogP contribution is 2.25. The van der Waals surface area contributed by atoms with E-state index in [0.717, 1.165) is 43.9 Å². The molecule has 168 valence electrons. The van der Waals surface area contributed by atoms with Crippen molar-refractivity contribution in [2.24, 2.45) is 5.10 Å². The van der Waals surface area contributed by atoms with Crippen LogP contribution in [0.15, 0.2) is 59.8 Å². The van der Waals surface area contributed by atoms with Crippen molar-refractivity contribution in [3.05, 3.63) is 60.4 Å². The van der Waals surface area contributed by atoms with E-state index >= 15 is 0 Å². The summed E-state index contributed by atoms with van der Waals surface area (Å²) in [5.41, 5.74) is 2.11. The maximum absolute atomic E-state index is 13.2. The molecule has 2 aliphatic rings. The quantitative estimate of drug-likeness (QED) is 0.672. The molecule has 3 heterocycles. The molecular formula is C24H29N5O3. The predicted octanol–water partition coefficient (Wildman–Crippen LogP) is 2.36. The lowest BCUT2D eigenvalue weighted by Crippen LogP contribution is -2.50. The summed E-state index contributed by atoms with van der Waals surface area (Å²) in [6, 6.07) is 14.9. The number of hydrogen-bond acceptors (Lipinski definition) is 7. The van der Waals surface area contributed by atoms with Gasteiger partial charge in [0, 0.05) is 38.3 Å². The lowest BCUT2D eigenvalue weighted by atomic mass is 10.0. The number of rotatable bonds is 7. The van der Waals surface area contributed by atoms with E-state index in [1.165, 1.54) is 0 Å². The van der Waals surface area contributed by atoms with Crippen LogP contribution >= 0.6 is 0 Å². The van der Waals surface area contributed by atoms with E-state index in [1.807, 2.05) is 54.7 Å². The van der Waals surface area contributed by atoms with Crippen molar-refractivity contribution >= 4 is 23.3 Å². The molecule has 1 aromatic carbocycles. The topological polar surface area (TPSA) is 87.1 Å². The second-order valence-corrected chi connectivity index (χ2v) is 8.05. The summed E-state index contributed by atoms with van der Waals surface area (Å²) in [7, 11) is 0. The number of piperidine rings is 1. The molecule has 1 amide bonds. The molecule has 1 saturated heterocycles. The van der Waals surface area contributed by atoms with Crippen LogP contribution in [0.4, 0.5) is 5.69 Å². The molecule has 0 spiro atoms. The minimum absolute atomic E-state index is 0.103. The molecule has 0 radical (unpaired) electrons. The average Bonchev–Trinajstić information content (AvgIpc) is 3.28. The first-order valence-electron chi connectivity index (χ1n) is 11.2. The number of hydrazone groups is 1. The molecule has 2 aliphatic heterocycles. The monoisotopic (exact) mass is 435 g/mol. The standard InChI is InChI=1S/C24H29N5O3/c1-2-32-24(31)21-16-22(29(27-21)20-9-4-3-5-10-20)23(30)26-18-11-14-28(15-12-18)17-19-8-6-7-13-25-19/h3-10,13,18,22H,2,11-12,14-17H2,1H3,(H,26,30). The number of benzene rings is 1. The van der Waals surface area contributed by atoms with Gasteiger partial charge in [0.2, 0.25) is 5.91 Å². The van der Waals surface area contributed by atoms with Crippen molar-refractivity contribution < 1.29 is 14.3 Å². The fraction of sp³-hybridized carbons (Fsp3) is 0.417. The minimum Gasteiger partial charge on any atom is -0.461 e. The van der Waals surface area contributed by atoms with E-state index in [2.05, 4.69) is 20.3 Å². The van der Waals surface area contributed by atoms with Crippen LogP contribution in [-0.4, -0.2) is 59.3 Å². The summed E-state index contributed by atoms with van der Waals surface area (Å²) in [4.78, 5) is 32.2. The molecule has 32 heavy (non-hydrogen) atoms. The number of carbonyl (C=O) groups excluding carboxylic acids is 2. The Hall–Kier alpha value is -3.26. The van der Waals surface area contributed by atoms with Crippen LogP contribution < -0.4 is 10.3 Å². The molecule has 4 rings (SSSR count). The van der Waals surface area contributed by atoms with E-state index in [1.54, 1.807) is 11.9 Å². The SMILES string of the molecule is CCOC(=O)C1=NN(c2ccccc2)C(C(=O)NC2CCN(Cc3ccccn3)CC2)C1. The van der Waals surface area contributed by atoms with Crippen LogP contribution in [0, 0.1) is 0 Å². The Kier molecular flexibility index (Phi) is 7.11. The first-order chi connectivity index (χ1) is 15.6. The van der Waals surface area contributed by atoms with Crippen LogP contribution in [0.2, 0.25) is 0 Å². The third-order valence-corrected chi connectivity index (χ3v) is 5.79. The molecule has 8 nitrogen and oxygen atoms in total. The molecule has 0 aliphatic carbocycles. The Balaban J connectivity index is 1.36. The fourth-order valence-electron chi connectivity index (χ4n) is 4.12. The number of aromatic nitrogens is 1. The predicted molar refractivity (Wildman–Crippen MR) is 122 cm³/mol. The molecule has 8 heteroatoms. The van der Waals surface area contributed by atoms with Gasteiger partial charge in [0.15, 0.2) is 0 Å². The van der Waals surface area contributed by atoms with Crippen LogP contribution in [0.3, 0.4) is 0 Å². The van der Waals surface area contributed by atoms with Crippen molar-refractivity contribution in [2.45, 2.75) is 44.8 Å². The Morgan fingerprint density at radius 3 is 2.53 bits per heavy atom. The summed E-state index contributed by atoms with van der Waals surface area (Å²) in [6.07, 6.45) is 3.80. The Bertz CT molecular complexity index is 943. The average molecular weight is 436 g/mol. The summed E-state index contributed by atoms with van der Waals surface area (Å²) in [5.74, 6) is -0.577. The van der Waals surface area contributed by atoms with E-state index in [4.69, 9.17) is 4.74 Å². The Labute approximate surface area is 188 Å². The first-order valence-corrected chi connectivity index (χ1v) is 11.2. The molecular weight excluding hydrogens is 406 g/mol. The summed E-state index contributed by atoms with van der Waals surface area (Å²) >= 11 is 0. The summed E-state index contributed by atoms with van der Waals surface area (Å²) in [5, 5.41) is 9.26. The van der Waals surface area contributed by atoms with Gasteiger partial charge in [-0.1, -0.05) is 24.3 Å². The van der Waals surface area contributed by atoms with Crippen LogP contribution in [0.1, 0.15) is 31.9 Å². The number of ether oxygens (including phenoxy) is 1. The van der Waals surface area contributed by atoms with Gasteiger partial charge < -0.3 is 10.1 Å². The highest BCUT2D eigenvalue weighted by atomic mass is 16.5. The van der Waals surface area contributed by atoms with Gasteiger partial charge in [-0.25, -0.2) is 4.79 Å². The fourth-order valence-corrected chi connectivity index (χ4v) is 4.12. The molecule has 1 aromatic heterocycles. The second-order valence-electron chi connectivity index (χ2n) is 8.05. The normalized spacial score (nSPS) is 19.5. The minimum atomic E-state index is -0.566. The van der Waals surface area contributed by atoms with Crippen molar-refractivity contribution in [1.29, 1.82) is 0 Å². The van der Waals surface area contributed by atoms with Gasteiger partial charge in [-0.3, -0.25) is 19.7 Å². The van der Waals surface area contributed by atoms with Crippen molar-refractivity contribution in [3.8, 4) is 0 Å². The van der Waals surface area contributed by atoms with Crippen molar-refractivity contribution in [1.82, 2.24) is 15.2 Å². The highest BCUT2D eigenvalue weighted by Gasteiger charge is 2.37. The van der Waals surface area contributed by atoms with Crippen LogP contribution in [-0.2, 0) is 20.9 Å². The number of pyridine rings is 1. The lowest BCUT2D eigenvalue weighted by Gasteiger charge is -2.33. The number of likely N-dealkylation sites (tertiary alicyclic amines) is 1. The number of esters is 1. The second kappa shape index (κ2) is 10.4. The molecule has 0 bridgehead atoms. The van der Waals surface area contributed by atoms with Crippen molar-refractivity contribution in [2.75, 3.05) is 24.7 Å². The molecule has 1 fully saturated rings. The molecule has 2 aromatic rings. The third-order valence-electron chi connectivity index (χ3n) is 5.79. The van der Waals surface area contributed by atoms with Crippen LogP contribution in [0.25, 0.3) is 0 Å². The maximum atomic E-state index is 13.2. The zero-order valence-electron chi connectivity index (χ0n) is 18.3. The largest absolute Gasteiger partial charge is 0.461 e. The Morgan fingerprint density at radius 2 is 1.84 bits per heavy atom. The van der Waals surface area contributed by atoms with Gasteiger partial charge in [-0.05, 0) is 44.0 Å². The van der Waals surface area contributed by atoms with Crippen molar-refractivity contribution in [3.63, 3.8) is 0 Å². The zero-order chi connectivity index (χ0) is 22.3. The maximum Gasteiger partial charge on any atom is 0.354 e. The molecule has 1 N–H and O–H groups in total. The van der Waals surface area contributed by atoms with Gasteiger partial charge >= 0.3 is 5.97 Å². The number of nitrogens with one attached hydrogen (secondary N) is 1. The van der Waals surface area contributed by atoms with Gasteiger partial charge in [0.1, 0.15) is 11.8 Å². The summed E-state index contributed by atoms with van der Waals surface area (Å²) < 4.78 is 5.11. The number of para-hydroxylation sites is 1. The van der Waals surface area contributed by atoms with Gasteiger partial charge in [0.25, 0.3) is 0 Å². The number of amides is 1. The Morgan fingerprint density at radius 1 is 1.09 bits per heavy atom. The zero-order valence-corrected chi connectivity index (χ0v) is 18.3. The molecule has 1 atom stereocenters. The van der Waals surface area contributed by atoms with Crippen LogP contribution in [0.5, 0.6) is 0 Å². The highest BCUT2D eigenvalue weighted by molar-refractivity contribution is 6.38. The number of carbonyl (C=O) groups is 2.